The van der Waals surface area contributed by atoms with Crippen LogP contribution in [0.25, 0.3) is 22.0 Å². The molecule has 4 aromatic rings. The molecule has 7 heteroatoms. The summed E-state index contributed by atoms with van der Waals surface area (Å²) in [6.45, 7) is 2.85. The van der Waals surface area contributed by atoms with Crippen LogP contribution in [-0.2, 0) is 11.2 Å². The van der Waals surface area contributed by atoms with Gasteiger partial charge in [0.1, 0.15) is 17.2 Å². The maximum atomic E-state index is 13.1. The number of benzene rings is 3. The van der Waals surface area contributed by atoms with E-state index in [1.807, 2.05) is 36.4 Å². The van der Waals surface area contributed by atoms with Crippen LogP contribution in [0.15, 0.2) is 72.8 Å². The molecule has 0 bridgehead atoms. The molecule has 0 saturated heterocycles. The Balaban J connectivity index is 1.65. The average Bonchev–Trinajstić information content (AvgIpc) is 2.88. The number of pyridine rings is 1. The maximum Gasteiger partial charge on any atom is 0.270 e. The van der Waals surface area contributed by atoms with Crippen LogP contribution in [0.5, 0.6) is 11.5 Å². The Morgan fingerprint density at radius 3 is 2.19 bits per heavy atom. The number of carbonyl (C=O) groups is 3. The fourth-order valence-corrected chi connectivity index (χ4v) is 3.99. The molecule has 1 atom stereocenters. The molecule has 0 aliphatic rings. The lowest BCUT2D eigenvalue weighted by molar-refractivity contribution is -0.118. The van der Waals surface area contributed by atoms with E-state index < -0.39 is 11.9 Å². The standard InChI is InChI=1S/C29H26N2O5/c1-17(32)24-16-28(29(35)31-27(18(2)33)14-19-4-9-22(34)10-5-19)30-26-13-8-21(15-25(24)26)20-6-11-23(36-3)12-7-20/h4-13,15-16,27,34H,14H2,1-3H3,(H,31,35). The van der Waals surface area contributed by atoms with Crippen molar-refractivity contribution in [3.05, 3.63) is 89.6 Å². The summed E-state index contributed by atoms with van der Waals surface area (Å²) in [7, 11) is 1.61. The summed E-state index contributed by atoms with van der Waals surface area (Å²) in [5.74, 6) is -0.0914. The normalized spacial score (nSPS) is 11.6. The molecular formula is C29H26N2O5. The van der Waals surface area contributed by atoms with Crippen LogP contribution >= 0.6 is 0 Å². The molecule has 0 aliphatic carbocycles. The molecule has 2 N–H and O–H groups in total. The number of nitrogens with zero attached hydrogens (tertiary/aromatic N) is 1. The number of hydrogen-bond acceptors (Lipinski definition) is 6. The minimum Gasteiger partial charge on any atom is -0.508 e. The van der Waals surface area contributed by atoms with Crippen molar-refractivity contribution in [2.75, 3.05) is 7.11 Å². The van der Waals surface area contributed by atoms with Crippen LogP contribution in [0.1, 0.15) is 40.3 Å². The quantitative estimate of drug-likeness (QED) is 0.351. The first kappa shape index (κ1) is 24.6. The van der Waals surface area contributed by atoms with Gasteiger partial charge in [-0.2, -0.15) is 0 Å². The van der Waals surface area contributed by atoms with Crippen LogP contribution in [0, 0.1) is 0 Å². The molecule has 1 heterocycles. The maximum absolute atomic E-state index is 13.1. The Hall–Kier alpha value is -4.52. The minimum absolute atomic E-state index is 0.0573. The van der Waals surface area contributed by atoms with E-state index in [-0.39, 0.29) is 29.4 Å². The third-order valence-corrected chi connectivity index (χ3v) is 6.02. The van der Waals surface area contributed by atoms with Crippen molar-refractivity contribution in [1.82, 2.24) is 10.3 Å². The van der Waals surface area contributed by atoms with Crippen molar-refractivity contribution in [3.8, 4) is 22.6 Å². The molecule has 1 unspecified atom stereocenters. The summed E-state index contributed by atoms with van der Waals surface area (Å²) in [4.78, 5) is 42.3. The van der Waals surface area contributed by atoms with Gasteiger partial charge in [0, 0.05) is 10.9 Å². The molecule has 0 spiro atoms. The first-order chi connectivity index (χ1) is 17.2. The predicted octanol–water partition coefficient (Wildman–Crippen LogP) is 4.75. The number of phenols is 1. The van der Waals surface area contributed by atoms with Gasteiger partial charge >= 0.3 is 0 Å². The Labute approximate surface area is 208 Å². The van der Waals surface area contributed by atoms with Crippen molar-refractivity contribution >= 4 is 28.4 Å². The summed E-state index contributed by atoms with van der Waals surface area (Å²) < 4.78 is 5.22. The van der Waals surface area contributed by atoms with Gasteiger partial charge in [0.05, 0.1) is 18.7 Å². The lowest BCUT2D eigenvalue weighted by Crippen LogP contribution is -2.41. The summed E-state index contributed by atoms with van der Waals surface area (Å²) in [5, 5.41) is 12.9. The molecule has 1 amide bonds. The third-order valence-electron chi connectivity index (χ3n) is 6.02. The number of hydrogen-bond donors (Lipinski definition) is 2. The lowest BCUT2D eigenvalue weighted by Gasteiger charge is -2.17. The number of nitrogens with one attached hydrogen (secondary N) is 1. The van der Waals surface area contributed by atoms with Crippen LogP contribution in [0.3, 0.4) is 0 Å². The Bertz CT molecular complexity index is 1440. The van der Waals surface area contributed by atoms with E-state index in [9.17, 15) is 19.5 Å². The van der Waals surface area contributed by atoms with Crippen LogP contribution in [-0.4, -0.2) is 40.7 Å². The van der Waals surface area contributed by atoms with Crippen LogP contribution in [0.4, 0.5) is 0 Å². The average molecular weight is 483 g/mol. The van der Waals surface area contributed by atoms with Gasteiger partial charge in [-0.1, -0.05) is 30.3 Å². The number of rotatable bonds is 8. The zero-order valence-electron chi connectivity index (χ0n) is 20.2. The van der Waals surface area contributed by atoms with Crippen LogP contribution < -0.4 is 10.1 Å². The van der Waals surface area contributed by atoms with Crippen LogP contribution in [0.2, 0.25) is 0 Å². The monoisotopic (exact) mass is 482 g/mol. The van der Waals surface area contributed by atoms with Crippen molar-refractivity contribution in [3.63, 3.8) is 0 Å². The fraction of sp³-hybridized carbons (Fsp3) is 0.172. The molecule has 182 valence electrons. The highest BCUT2D eigenvalue weighted by atomic mass is 16.5. The van der Waals surface area contributed by atoms with Gasteiger partial charge in [-0.25, -0.2) is 4.98 Å². The Morgan fingerprint density at radius 2 is 1.58 bits per heavy atom. The highest BCUT2D eigenvalue weighted by Crippen LogP contribution is 2.28. The lowest BCUT2D eigenvalue weighted by atomic mass is 9.98. The number of aromatic hydroxyl groups is 1. The third kappa shape index (κ3) is 5.41. The number of aromatic nitrogens is 1. The smallest absolute Gasteiger partial charge is 0.270 e. The molecular weight excluding hydrogens is 456 g/mol. The molecule has 1 aromatic heterocycles. The predicted molar refractivity (Wildman–Crippen MR) is 137 cm³/mol. The van der Waals surface area contributed by atoms with Crippen molar-refractivity contribution in [1.29, 1.82) is 0 Å². The van der Waals surface area contributed by atoms with Crippen molar-refractivity contribution in [2.24, 2.45) is 0 Å². The number of amides is 1. The highest BCUT2D eigenvalue weighted by Gasteiger charge is 2.21. The molecule has 36 heavy (non-hydrogen) atoms. The van der Waals surface area contributed by atoms with Crippen molar-refractivity contribution < 1.29 is 24.2 Å². The molecule has 0 saturated carbocycles. The minimum atomic E-state index is -0.780. The fourth-order valence-electron chi connectivity index (χ4n) is 3.99. The SMILES string of the molecule is COc1ccc(-c2ccc3nc(C(=O)NC(Cc4ccc(O)cc4)C(C)=O)cc(C(C)=O)c3c2)cc1. The van der Waals surface area contributed by atoms with E-state index in [0.717, 1.165) is 22.4 Å². The Kier molecular flexibility index (Phi) is 7.10. The summed E-state index contributed by atoms with van der Waals surface area (Å²) in [6, 6.07) is 20.2. The van der Waals surface area contributed by atoms with Gasteiger partial charge in [-0.15, -0.1) is 0 Å². The number of fused-ring (bicyclic) bond motifs is 1. The first-order valence-corrected chi connectivity index (χ1v) is 11.4. The number of ketones is 2. The number of Topliss-reactive ketones (excluding diaryl/α,β-unsaturated/α-hetero) is 2. The summed E-state index contributed by atoms with van der Waals surface area (Å²) in [6.07, 6.45) is 0.264. The molecule has 4 rings (SSSR count). The molecule has 0 fully saturated rings. The molecule has 7 nitrogen and oxygen atoms in total. The summed E-state index contributed by atoms with van der Waals surface area (Å²) in [5.41, 5.74) is 3.57. The van der Waals surface area contributed by atoms with Crippen molar-refractivity contribution in [2.45, 2.75) is 26.3 Å². The topological polar surface area (TPSA) is 106 Å². The second-order valence-electron chi connectivity index (χ2n) is 8.58. The van der Waals surface area contributed by atoms with E-state index in [2.05, 4.69) is 10.3 Å². The molecule has 3 aromatic carbocycles. The number of ether oxygens (including phenoxy) is 1. The van der Waals surface area contributed by atoms with Gasteiger partial charge in [-0.05, 0) is 79.4 Å². The van der Waals surface area contributed by atoms with Gasteiger partial charge in [0.15, 0.2) is 11.6 Å². The number of methoxy groups -OCH3 is 1. The first-order valence-electron chi connectivity index (χ1n) is 11.4. The zero-order chi connectivity index (χ0) is 25.8. The van der Waals surface area contributed by atoms with Gasteiger partial charge in [0.25, 0.3) is 5.91 Å². The second kappa shape index (κ2) is 10.4. The van der Waals surface area contributed by atoms with E-state index in [0.29, 0.717) is 16.5 Å². The molecule has 0 radical (unpaired) electrons. The van der Waals surface area contributed by atoms with E-state index >= 15 is 0 Å². The number of carbonyl (C=O) groups excluding carboxylic acids is 3. The largest absolute Gasteiger partial charge is 0.508 e. The van der Waals surface area contributed by atoms with E-state index in [1.165, 1.54) is 32.0 Å². The number of phenolic OH excluding ortho intramolecular Hbond substituents is 1. The van der Waals surface area contributed by atoms with E-state index in [1.54, 1.807) is 25.3 Å². The Morgan fingerprint density at radius 1 is 0.917 bits per heavy atom. The van der Waals surface area contributed by atoms with Gasteiger partial charge in [0.2, 0.25) is 0 Å². The van der Waals surface area contributed by atoms with Gasteiger partial charge in [-0.3, -0.25) is 14.4 Å². The second-order valence-corrected chi connectivity index (χ2v) is 8.58. The zero-order valence-corrected chi connectivity index (χ0v) is 20.2. The molecule has 0 aliphatic heterocycles. The highest BCUT2D eigenvalue weighted by molar-refractivity contribution is 6.09. The van der Waals surface area contributed by atoms with Gasteiger partial charge < -0.3 is 15.2 Å². The van der Waals surface area contributed by atoms with E-state index in [4.69, 9.17) is 4.74 Å². The summed E-state index contributed by atoms with van der Waals surface area (Å²) >= 11 is 0.